The average molecular weight is 280 g/mol. The second kappa shape index (κ2) is 6.06. The normalized spacial score (nSPS) is 18.7. The lowest BCUT2D eigenvalue weighted by molar-refractivity contribution is -0.117. The van der Waals surface area contributed by atoms with Gasteiger partial charge >= 0.3 is 0 Å². The van der Waals surface area contributed by atoms with Crippen molar-refractivity contribution < 1.29 is 14.3 Å². The number of hydrogen-bond donors (Lipinski definition) is 0. The van der Waals surface area contributed by atoms with Crippen molar-refractivity contribution in [3.05, 3.63) is 18.3 Å². The zero-order chi connectivity index (χ0) is 13.8. The summed E-state index contributed by atoms with van der Waals surface area (Å²) in [7, 11) is 0. The number of ether oxygens (including phenoxy) is 1. The smallest absolute Gasteiger partial charge is 0.229 e. The van der Waals surface area contributed by atoms with Gasteiger partial charge in [0.05, 0.1) is 6.61 Å². The molecular formula is C13H16N2O3S. The fourth-order valence-corrected chi connectivity index (χ4v) is 2.93. The molecular weight excluding hydrogens is 264 g/mol. The summed E-state index contributed by atoms with van der Waals surface area (Å²) in [6.07, 6.45) is 2.00. The maximum Gasteiger partial charge on any atom is 0.229 e. The number of rotatable bonds is 4. The van der Waals surface area contributed by atoms with Gasteiger partial charge in [-0.3, -0.25) is 14.5 Å². The molecule has 19 heavy (non-hydrogen) atoms. The first-order valence-corrected chi connectivity index (χ1v) is 7.04. The minimum atomic E-state index is -0.0000940. The summed E-state index contributed by atoms with van der Waals surface area (Å²) in [5.74, 6) is 1.28. The maximum absolute atomic E-state index is 12.0. The van der Waals surface area contributed by atoms with Crippen LogP contribution in [-0.4, -0.2) is 34.4 Å². The van der Waals surface area contributed by atoms with Gasteiger partial charge in [0.25, 0.3) is 0 Å². The molecule has 2 rings (SSSR count). The maximum atomic E-state index is 12.0. The summed E-state index contributed by atoms with van der Waals surface area (Å²) in [6, 6.07) is 3.51. The van der Waals surface area contributed by atoms with Gasteiger partial charge in [-0.15, -0.1) is 0 Å². The summed E-state index contributed by atoms with van der Waals surface area (Å²) in [5.41, 5.74) is 0. The highest BCUT2D eigenvalue weighted by Crippen LogP contribution is 2.28. The Balaban J connectivity index is 2.11. The molecule has 6 heteroatoms. The van der Waals surface area contributed by atoms with Crippen LogP contribution < -0.4 is 9.64 Å². The molecule has 1 unspecified atom stereocenters. The standard InChI is InChI=1S/C13H16N2O3S/c1-3-18-10-4-5-14-12(6-10)15-8-11(7-13(15)17)19-9(2)16/h4-6,11H,3,7-8H2,1-2H3. The van der Waals surface area contributed by atoms with Crippen molar-refractivity contribution in [3.63, 3.8) is 0 Å². The van der Waals surface area contributed by atoms with Crippen molar-refractivity contribution >= 4 is 28.6 Å². The molecule has 1 atom stereocenters. The van der Waals surface area contributed by atoms with Gasteiger partial charge in [0.1, 0.15) is 11.6 Å². The third-order valence-electron chi connectivity index (χ3n) is 2.73. The van der Waals surface area contributed by atoms with Gasteiger partial charge in [0.2, 0.25) is 5.91 Å². The first-order chi connectivity index (χ1) is 9.10. The lowest BCUT2D eigenvalue weighted by Crippen LogP contribution is -2.25. The van der Waals surface area contributed by atoms with E-state index in [0.29, 0.717) is 31.1 Å². The van der Waals surface area contributed by atoms with E-state index in [4.69, 9.17) is 4.74 Å². The quantitative estimate of drug-likeness (QED) is 0.842. The molecule has 0 saturated carbocycles. The van der Waals surface area contributed by atoms with E-state index in [9.17, 15) is 9.59 Å². The molecule has 0 aliphatic carbocycles. The van der Waals surface area contributed by atoms with E-state index in [2.05, 4.69) is 4.98 Å². The Morgan fingerprint density at radius 2 is 2.42 bits per heavy atom. The Labute approximate surface area is 116 Å². The monoisotopic (exact) mass is 280 g/mol. The van der Waals surface area contributed by atoms with Gasteiger partial charge in [0, 0.05) is 37.4 Å². The molecule has 102 valence electrons. The fourth-order valence-electron chi connectivity index (χ4n) is 2.01. The van der Waals surface area contributed by atoms with Crippen LogP contribution in [0, 0.1) is 0 Å². The third kappa shape index (κ3) is 3.47. The lowest BCUT2D eigenvalue weighted by atomic mass is 10.4. The number of hydrogen-bond acceptors (Lipinski definition) is 5. The van der Waals surface area contributed by atoms with Crippen LogP contribution in [-0.2, 0) is 9.59 Å². The van der Waals surface area contributed by atoms with Crippen LogP contribution in [0.25, 0.3) is 0 Å². The van der Waals surface area contributed by atoms with Crippen molar-refractivity contribution in [2.75, 3.05) is 18.1 Å². The molecule has 1 aromatic heterocycles. The minimum Gasteiger partial charge on any atom is -0.494 e. The molecule has 1 aliphatic heterocycles. The summed E-state index contributed by atoms with van der Waals surface area (Å²) >= 11 is 1.22. The Hall–Kier alpha value is -1.56. The van der Waals surface area contributed by atoms with Gasteiger partial charge in [-0.1, -0.05) is 11.8 Å². The topological polar surface area (TPSA) is 59.5 Å². The largest absolute Gasteiger partial charge is 0.494 e. The van der Waals surface area contributed by atoms with E-state index in [-0.39, 0.29) is 16.3 Å². The van der Waals surface area contributed by atoms with Gasteiger partial charge in [-0.05, 0) is 13.0 Å². The van der Waals surface area contributed by atoms with Crippen molar-refractivity contribution in [3.8, 4) is 5.75 Å². The molecule has 1 fully saturated rings. The van der Waals surface area contributed by atoms with Crippen LogP contribution in [0.1, 0.15) is 20.3 Å². The predicted octanol–water partition coefficient (Wildman–Crippen LogP) is 1.87. The van der Waals surface area contributed by atoms with Crippen molar-refractivity contribution in [2.45, 2.75) is 25.5 Å². The van der Waals surface area contributed by atoms with Crippen LogP contribution in [0.15, 0.2) is 18.3 Å². The van der Waals surface area contributed by atoms with E-state index in [1.807, 2.05) is 6.92 Å². The van der Waals surface area contributed by atoms with Gasteiger partial charge in [-0.2, -0.15) is 0 Å². The van der Waals surface area contributed by atoms with Crippen molar-refractivity contribution in [1.29, 1.82) is 0 Å². The molecule has 1 aliphatic rings. The second-order valence-corrected chi connectivity index (χ2v) is 5.70. The molecule has 0 N–H and O–H groups in total. The van der Waals surface area contributed by atoms with Crippen molar-refractivity contribution in [1.82, 2.24) is 4.98 Å². The number of thioether (sulfide) groups is 1. The number of nitrogens with zero attached hydrogens (tertiary/aromatic N) is 2. The van der Waals surface area contributed by atoms with E-state index in [1.165, 1.54) is 18.7 Å². The number of carbonyl (C=O) groups is 2. The molecule has 0 bridgehead atoms. The lowest BCUT2D eigenvalue weighted by Gasteiger charge is -2.16. The number of carbonyl (C=O) groups excluding carboxylic acids is 2. The number of amides is 1. The average Bonchev–Trinajstić information content (AvgIpc) is 2.70. The molecule has 2 heterocycles. The van der Waals surface area contributed by atoms with Gasteiger partial charge in [0.15, 0.2) is 5.12 Å². The molecule has 0 aromatic carbocycles. The van der Waals surface area contributed by atoms with Crippen LogP contribution in [0.3, 0.4) is 0 Å². The van der Waals surface area contributed by atoms with E-state index in [0.717, 1.165) is 0 Å². The molecule has 1 amide bonds. The second-order valence-electron chi connectivity index (χ2n) is 4.22. The third-order valence-corrected chi connectivity index (χ3v) is 3.71. The molecule has 0 spiro atoms. The number of aromatic nitrogens is 1. The predicted molar refractivity (Wildman–Crippen MR) is 74.4 cm³/mol. The molecule has 5 nitrogen and oxygen atoms in total. The first-order valence-electron chi connectivity index (χ1n) is 6.16. The van der Waals surface area contributed by atoms with E-state index < -0.39 is 0 Å². The molecule has 1 aromatic rings. The van der Waals surface area contributed by atoms with Crippen LogP contribution in [0.5, 0.6) is 5.75 Å². The van der Waals surface area contributed by atoms with E-state index >= 15 is 0 Å². The van der Waals surface area contributed by atoms with E-state index in [1.54, 1.807) is 23.2 Å². The summed E-state index contributed by atoms with van der Waals surface area (Å²) in [5, 5.41) is 0.0539. The summed E-state index contributed by atoms with van der Waals surface area (Å²) in [6.45, 7) is 4.51. The minimum absolute atomic E-state index is 0.0000940. The van der Waals surface area contributed by atoms with Gasteiger partial charge in [-0.25, -0.2) is 4.98 Å². The van der Waals surface area contributed by atoms with Crippen molar-refractivity contribution in [2.24, 2.45) is 0 Å². The van der Waals surface area contributed by atoms with Crippen LogP contribution >= 0.6 is 11.8 Å². The SMILES string of the molecule is CCOc1ccnc(N2CC(SC(C)=O)CC2=O)c1. The van der Waals surface area contributed by atoms with Crippen LogP contribution in [0.2, 0.25) is 0 Å². The summed E-state index contributed by atoms with van der Waals surface area (Å²) in [4.78, 5) is 28.9. The fraction of sp³-hybridized carbons (Fsp3) is 0.462. The van der Waals surface area contributed by atoms with Crippen LogP contribution in [0.4, 0.5) is 5.82 Å². The molecule has 1 saturated heterocycles. The summed E-state index contributed by atoms with van der Waals surface area (Å²) < 4.78 is 5.40. The first kappa shape index (κ1) is 13.9. The Morgan fingerprint density at radius 3 is 3.11 bits per heavy atom. The zero-order valence-corrected chi connectivity index (χ0v) is 11.8. The van der Waals surface area contributed by atoms with Gasteiger partial charge < -0.3 is 4.74 Å². The Morgan fingerprint density at radius 1 is 1.63 bits per heavy atom. The Kier molecular flexibility index (Phi) is 4.42. The Bertz CT molecular complexity index is 493. The highest BCUT2D eigenvalue weighted by atomic mass is 32.2. The highest BCUT2D eigenvalue weighted by molar-refractivity contribution is 8.14. The number of pyridine rings is 1. The highest BCUT2D eigenvalue weighted by Gasteiger charge is 2.32. The zero-order valence-electron chi connectivity index (χ0n) is 11.0. The molecule has 0 radical (unpaired) electrons. The number of anilines is 1.